The van der Waals surface area contributed by atoms with E-state index in [0.717, 1.165) is 32.8 Å². The van der Waals surface area contributed by atoms with Gasteiger partial charge in [-0.1, -0.05) is 37.8 Å². The highest BCUT2D eigenvalue weighted by molar-refractivity contribution is 6.38. The standard InChI is InChI=1S/C18H30Si/c1-3-5-15-6-8-16(9-7-15)17-10-12-18(13-11-17)19-14-4-2/h3-4,15-18H,1-2,5-14H2. The summed E-state index contributed by atoms with van der Waals surface area (Å²) in [7, 11) is 1.15. The Morgan fingerprint density at radius 2 is 1.37 bits per heavy atom. The van der Waals surface area contributed by atoms with Crippen molar-refractivity contribution in [2.45, 2.75) is 69.4 Å². The molecule has 1 heteroatoms. The topological polar surface area (TPSA) is 0 Å². The van der Waals surface area contributed by atoms with Crippen molar-refractivity contribution in [2.75, 3.05) is 0 Å². The number of hydrogen-bond donors (Lipinski definition) is 0. The largest absolute Gasteiger partial charge is 0.103 e. The van der Waals surface area contributed by atoms with Gasteiger partial charge in [0.1, 0.15) is 0 Å². The average Bonchev–Trinajstić information content (AvgIpc) is 2.47. The molecule has 2 aliphatic carbocycles. The predicted molar refractivity (Wildman–Crippen MR) is 86.7 cm³/mol. The molecule has 0 heterocycles. The van der Waals surface area contributed by atoms with Crippen molar-refractivity contribution in [3.8, 4) is 0 Å². The lowest BCUT2D eigenvalue weighted by molar-refractivity contribution is 0.168. The van der Waals surface area contributed by atoms with Gasteiger partial charge in [0.15, 0.2) is 0 Å². The second-order valence-corrected chi connectivity index (χ2v) is 8.25. The molecular weight excluding hydrogens is 244 g/mol. The SMILES string of the molecule is C=CC[Si]C1CCC(C2CCC(CC=C)CC2)CC1. The van der Waals surface area contributed by atoms with Crippen molar-refractivity contribution in [2.24, 2.45) is 17.8 Å². The third-order valence-corrected chi connectivity index (χ3v) is 7.06. The number of allylic oxidation sites excluding steroid dienone is 2. The summed E-state index contributed by atoms with van der Waals surface area (Å²) >= 11 is 0. The summed E-state index contributed by atoms with van der Waals surface area (Å²) in [5.74, 6) is 3.08. The fourth-order valence-electron chi connectivity index (χ4n) is 4.18. The van der Waals surface area contributed by atoms with E-state index >= 15 is 0 Å². The van der Waals surface area contributed by atoms with Gasteiger partial charge < -0.3 is 0 Å². The Labute approximate surface area is 122 Å². The summed E-state index contributed by atoms with van der Waals surface area (Å²) in [6.45, 7) is 7.75. The first-order valence-electron chi connectivity index (χ1n) is 8.28. The minimum absolute atomic E-state index is 0.958. The van der Waals surface area contributed by atoms with Crippen LogP contribution in [-0.2, 0) is 0 Å². The molecule has 2 saturated carbocycles. The van der Waals surface area contributed by atoms with Crippen molar-refractivity contribution in [3.63, 3.8) is 0 Å². The van der Waals surface area contributed by atoms with Gasteiger partial charge in [-0.3, -0.25) is 0 Å². The summed E-state index contributed by atoms with van der Waals surface area (Å²) in [5, 5.41) is 0. The normalized spacial score (nSPS) is 35.8. The van der Waals surface area contributed by atoms with Crippen LogP contribution in [0.5, 0.6) is 0 Å². The molecule has 19 heavy (non-hydrogen) atoms. The van der Waals surface area contributed by atoms with Gasteiger partial charge in [0, 0.05) is 9.52 Å². The smallest absolute Gasteiger partial charge is 0.0455 e. The number of rotatable bonds is 6. The van der Waals surface area contributed by atoms with Crippen LogP contribution in [0.25, 0.3) is 0 Å². The third-order valence-electron chi connectivity index (χ3n) is 5.38. The maximum absolute atomic E-state index is 3.89. The van der Waals surface area contributed by atoms with Crippen LogP contribution < -0.4 is 0 Å². The molecule has 0 aromatic heterocycles. The van der Waals surface area contributed by atoms with Crippen LogP contribution >= 0.6 is 0 Å². The zero-order valence-corrected chi connectivity index (χ0v) is 13.4. The molecule has 2 aliphatic rings. The molecule has 2 radical (unpaired) electrons. The molecule has 0 atom stereocenters. The fourth-order valence-corrected chi connectivity index (χ4v) is 5.42. The Morgan fingerprint density at radius 1 is 0.789 bits per heavy atom. The van der Waals surface area contributed by atoms with Gasteiger partial charge in [-0.05, 0) is 61.4 Å². The van der Waals surface area contributed by atoms with E-state index in [-0.39, 0.29) is 0 Å². The van der Waals surface area contributed by atoms with E-state index in [2.05, 4.69) is 25.3 Å². The van der Waals surface area contributed by atoms with Crippen LogP contribution in [-0.4, -0.2) is 9.52 Å². The monoisotopic (exact) mass is 274 g/mol. The van der Waals surface area contributed by atoms with Crippen LogP contribution in [0.1, 0.15) is 57.8 Å². The molecule has 2 fully saturated rings. The highest BCUT2D eigenvalue weighted by atomic mass is 28.2. The van der Waals surface area contributed by atoms with Gasteiger partial charge in [0.2, 0.25) is 0 Å². The zero-order chi connectivity index (χ0) is 13.5. The highest BCUT2D eigenvalue weighted by Crippen LogP contribution is 2.43. The Balaban J connectivity index is 1.67. The van der Waals surface area contributed by atoms with Gasteiger partial charge in [0.25, 0.3) is 0 Å². The molecule has 0 aliphatic heterocycles. The molecule has 106 valence electrons. The Bertz CT molecular complexity index is 267. The molecule has 0 unspecified atom stereocenters. The first-order valence-corrected chi connectivity index (χ1v) is 9.57. The molecule has 0 aromatic rings. The maximum atomic E-state index is 3.89. The van der Waals surface area contributed by atoms with E-state index in [9.17, 15) is 0 Å². The fraction of sp³-hybridized carbons (Fsp3) is 0.778. The van der Waals surface area contributed by atoms with Crippen LogP contribution in [0.2, 0.25) is 11.6 Å². The lowest BCUT2D eigenvalue weighted by Crippen LogP contribution is -2.25. The minimum atomic E-state index is 0.958. The predicted octanol–water partition coefficient (Wildman–Crippen LogP) is 5.66. The molecule has 0 saturated heterocycles. The maximum Gasteiger partial charge on any atom is 0.0455 e. The molecule has 0 spiro atoms. The van der Waals surface area contributed by atoms with Crippen molar-refractivity contribution in [1.82, 2.24) is 0 Å². The Morgan fingerprint density at radius 3 is 1.89 bits per heavy atom. The Hall–Kier alpha value is -0.303. The summed E-state index contributed by atoms with van der Waals surface area (Å²) in [5.41, 5.74) is 1.03. The van der Waals surface area contributed by atoms with E-state index in [1.807, 2.05) is 0 Å². The van der Waals surface area contributed by atoms with E-state index in [1.54, 1.807) is 0 Å². The van der Waals surface area contributed by atoms with Gasteiger partial charge >= 0.3 is 0 Å². The molecule has 0 N–H and O–H groups in total. The summed E-state index contributed by atoms with van der Waals surface area (Å²) in [6.07, 6.45) is 17.5. The molecule has 0 bridgehead atoms. The minimum Gasteiger partial charge on any atom is -0.103 e. The lowest BCUT2D eigenvalue weighted by Gasteiger charge is -2.37. The zero-order valence-electron chi connectivity index (χ0n) is 12.4. The van der Waals surface area contributed by atoms with E-state index in [4.69, 9.17) is 0 Å². The van der Waals surface area contributed by atoms with Crippen LogP contribution in [0.4, 0.5) is 0 Å². The molecule has 0 aromatic carbocycles. The molecule has 0 nitrogen and oxygen atoms in total. The van der Waals surface area contributed by atoms with Crippen LogP contribution in [0.3, 0.4) is 0 Å². The molecule has 0 amide bonds. The van der Waals surface area contributed by atoms with Crippen molar-refractivity contribution >= 4 is 9.52 Å². The van der Waals surface area contributed by atoms with Gasteiger partial charge in [-0.15, -0.1) is 13.2 Å². The second kappa shape index (κ2) is 8.09. The number of hydrogen-bond acceptors (Lipinski definition) is 0. The molecular formula is C18H30Si. The second-order valence-electron chi connectivity index (χ2n) is 6.61. The van der Waals surface area contributed by atoms with Gasteiger partial charge in [-0.25, -0.2) is 0 Å². The van der Waals surface area contributed by atoms with E-state index < -0.39 is 0 Å². The first-order chi connectivity index (χ1) is 9.33. The van der Waals surface area contributed by atoms with Crippen molar-refractivity contribution in [3.05, 3.63) is 25.3 Å². The lowest BCUT2D eigenvalue weighted by atomic mass is 9.70. The van der Waals surface area contributed by atoms with Gasteiger partial charge in [0.05, 0.1) is 0 Å². The Kier molecular flexibility index (Phi) is 6.43. The van der Waals surface area contributed by atoms with Crippen LogP contribution in [0.15, 0.2) is 25.3 Å². The molecule has 2 rings (SSSR count). The first kappa shape index (κ1) is 15.1. The van der Waals surface area contributed by atoms with Crippen molar-refractivity contribution < 1.29 is 0 Å². The van der Waals surface area contributed by atoms with E-state index in [0.29, 0.717) is 0 Å². The quantitative estimate of drug-likeness (QED) is 0.433. The third kappa shape index (κ3) is 4.63. The summed E-state index contributed by atoms with van der Waals surface area (Å²) in [4.78, 5) is 0. The summed E-state index contributed by atoms with van der Waals surface area (Å²) < 4.78 is 0. The van der Waals surface area contributed by atoms with Crippen molar-refractivity contribution in [1.29, 1.82) is 0 Å². The highest BCUT2D eigenvalue weighted by Gasteiger charge is 2.30. The van der Waals surface area contributed by atoms with Crippen LogP contribution in [0, 0.1) is 17.8 Å². The average molecular weight is 275 g/mol. The van der Waals surface area contributed by atoms with Gasteiger partial charge in [-0.2, -0.15) is 0 Å². The van der Waals surface area contributed by atoms with E-state index in [1.165, 1.54) is 63.8 Å². The summed E-state index contributed by atoms with van der Waals surface area (Å²) in [6, 6.07) is 1.25.